The fourth-order valence-corrected chi connectivity index (χ4v) is 0.252. The third-order valence-corrected chi connectivity index (χ3v) is 0.519. The molecule has 4 N–H and O–H groups in total. The summed E-state index contributed by atoms with van der Waals surface area (Å²) >= 11 is 0. The molecule has 0 amide bonds. The van der Waals surface area contributed by atoms with E-state index in [1.54, 1.807) is 6.92 Å². The molecule has 0 aliphatic heterocycles. The summed E-state index contributed by atoms with van der Waals surface area (Å²) in [5, 5.41) is 16.7. The van der Waals surface area contributed by atoms with Crippen LogP contribution < -0.4 is 5.73 Å². The molecule has 0 aromatic carbocycles. The van der Waals surface area contributed by atoms with Crippen LogP contribution in [0.5, 0.6) is 0 Å². The number of rotatable bonds is 3. The first kappa shape index (κ1) is 7.84. The van der Waals surface area contributed by atoms with Gasteiger partial charge >= 0.3 is 0 Å². The van der Waals surface area contributed by atoms with E-state index < -0.39 is 5.91 Å². The summed E-state index contributed by atoms with van der Waals surface area (Å²) in [6.45, 7) is 1.93. The van der Waals surface area contributed by atoms with Crippen LogP contribution in [0.25, 0.3) is 0 Å². The summed E-state index contributed by atoms with van der Waals surface area (Å²) in [6.07, 6.45) is 0. The van der Waals surface area contributed by atoms with Crippen molar-refractivity contribution in [3.63, 3.8) is 0 Å². The van der Waals surface area contributed by atoms with Gasteiger partial charge in [0.1, 0.15) is 6.61 Å². The summed E-state index contributed by atoms with van der Waals surface area (Å²) in [6, 6.07) is 0. The maximum absolute atomic E-state index is 8.36. The minimum absolute atomic E-state index is 0.247. The summed E-state index contributed by atoms with van der Waals surface area (Å²) in [4.78, 5) is 0. The molecule has 0 heterocycles. The summed E-state index contributed by atoms with van der Waals surface area (Å²) in [5.74, 6) is -2.17. The number of hydrogen-bond acceptors (Lipinski definition) is 4. The van der Waals surface area contributed by atoms with Gasteiger partial charge in [-0.3, -0.25) is 5.73 Å². The fraction of sp³-hybridized carbons (Fsp3) is 1.00. The zero-order valence-electron chi connectivity index (χ0n) is 4.79. The summed E-state index contributed by atoms with van der Waals surface area (Å²) in [5.41, 5.74) is 4.71. The second kappa shape index (κ2) is 2.99. The lowest BCUT2D eigenvalue weighted by atomic mass is 10.5. The van der Waals surface area contributed by atoms with Crippen LogP contribution in [0.15, 0.2) is 0 Å². The minimum atomic E-state index is -2.17. The van der Waals surface area contributed by atoms with Gasteiger partial charge in [0, 0.05) is 6.61 Å². The van der Waals surface area contributed by atoms with Crippen LogP contribution in [0.1, 0.15) is 6.92 Å². The van der Waals surface area contributed by atoms with Crippen LogP contribution in [0.4, 0.5) is 0 Å². The lowest BCUT2D eigenvalue weighted by molar-refractivity contribution is -0.191. The van der Waals surface area contributed by atoms with E-state index in [0.717, 1.165) is 0 Å². The van der Waals surface area contributed by atoms with Gasteiger partial charge in [-0.1, -0.05) is 0 Å². The lowest BCUT2D eigenvalue weighted by Crippen LogP contribution is -2.43. The van der Waals surface area contributed by atoms with Crippen molar-refractivity contribution >= 4 is 0 Å². The highest BCUT2D eigenvalue weighted by molar-refractivity contribution is 4.48. The van der Waals surface area contributed by atoms with E-state index in [2.05, 4.69) is 4.74 Å². The number of hydrogen-bond donors (Lipinski definition) is 3. The van der Waals surface area contributed by atoms with Gasteiger partial charge in [-0.05, 0) is 6.92 Å². The molecule has 0 saturated heterocycles. The Balaban J connectivity index is 3.11. The summed E-state index contributed by atoms with van der Waals surface area (Å²) in [7, 11) is 0. The first-order chi connectivity index (χ1) is 3.56. The molecule has 0 aromatic heterocycles. The molecule has 0 aromatic rings. The molecular weight excluding hydrogens is 110 g/mol. The molecule has 0 saturated carbocycles. The van der Waals surface area contributed by atoms with Gasteiger partial charge in [0.25, 0.3) is 0 Å². The molecule has 0 bridgehead atoms. The molecule has 0 radical (unpaired) electrons. The lowest BCUT2D eigenvalue weighted by Gasteiger charge is -2.13. The third-order valence-electron chi connectivity index (χ3n) is 0.519. The fourth-order valence-electron chi connectivity index (χ4n) is 0.252. The Morgan fingerprint density at radius 3 is 2.25 bits per heavy atom. The molecule has 8 heavy (non-hydrogen) atoms. The highest BCUT2D eigenvalue weighted by atomic mass is 16.6. The summed E-state index contributed by atoms with van der Waals surface area (Å²) < 4.78 is 4.57. The Bertz CT molecular complexity index is 58.8. The Kier molecular flexibility index (Phi) is 2.93. The minimum Gasteiger partial charge on any atom is -0.375 e. The highest BCUT2D eigenvalue weighted by Gasteiger charge is 2.14. The predicted molar refractivity (Wildman–Crippen MR) is 27.8 cm³/mol. The normalized spacial score (nSPS) is 12.0. The monoisotopic (exact) mass is 121 g/mol. The molecule has 0 spiro atoms. The third kappa shape index (κ3) is 5.84. The molecule has 0 rings (SSSR count). The van der Waals surface area contributed by atoms with Gasteiger partial charge < -0.3 is 14.9 Å². The molecule has 4 heteroatoms. The first-order valence-electron chi connectivity index (χ1n) is 2.37. The second-order valence-corrected chi connectivity index (χ2v) is 1.52. The van der Waals surface area contributed by atoms with Crippen molar-refractivity contribution in [2.45, 2.75) is 12.8 Å². The standard InChI is InChI=1S/C4H11NO3/c1-2-8-3-4(5,6)7/h6-7H,2-3,5H2,1H3. The van der Waals surface area contributed by atoms with Crippen LogP contribution in [-0.2, 0) is 4.74 Å². The van der Waals surface area contributed by atoms with Gasteiger partial charge in [-0.15, -0.1) is 0 Å². The Morgan fingerprint density at radius 1 is 1.62 bits per heavy atom. The average Bonchev–Trinajstić information content (AvgIpc) is 1.59. The van der Waals surface area contributed by atoms with E-state index in [4.69, 9.17) is 15.9 Å². The van der Waals surface area contributed by atoms with E-state index >= 15 is 0 Å². The van der Waals surface area contributed by atoms with E-state index in [0.29, 0.717) is 6.61 Å². The second-order valence-electron chi connectivity index (χ2n) is 1.52. The van der Waals surface area contributed by atoms with Crippen LogP contribution in [0, 0.1) is 0 Å². The van der Waals surface area contributed by atoms with Crippen LogP contribution in [0.3, 0.4) is 0 Å². The van der Waals surface area contributed by atoms with Crippen molar-refractivity contribution < 1.29 is 14.9 Å². The van der Waals surface area contributed by atoms with Crippen molar-refractivity contribution in [1.29, 1.82) is 0 Å². The molecule has 4 nitrogen and oxygen atoms in total. The van der Waals surface area contributed by atoms with E-state index in [1.165, 1.54) is 0 Å². The first-order valence-corrected chi connectivity index (χ1v) is 2.37. The number of ether oxygens (including phenoxy) is 1. The largest absolute Gasteiger partial charge is 0.375 e. The maximum Gasteiger partial charge on any atom is 0.244 e. The van der Waals surface area contributed by atoms with Crippen molar-refractivity contribution in [3.8, 4) is 0 Å². The predicted octanol–water partition coefficient (Wildman–Crippen LogP) is -1.38. The average molecular weight is 121 g/mol. The molecule has 0 atom stereocenters. The Hall–Kier alpha value is -0.160. The SMILES string of the molecule is CCOCC(N)(O)O. The zero-order chi connectivity index (χ0) is 6.62. The van der Waals surface area contributed by atoms with Crippen LogP contribution in [-0.4, -0.2) is 29.3 Å². The zero-order valence-corrected chi connectivity index (χ0v) is 4.79. The van der Waals surface area contributed by atoms with Crippen molar-refractivity contribution in [2.24, 2.45) is 5.73 Å². The van der Waals surface area contributed by atoms with Crippen LogP contribution in [0.2, 0.25) is 0 Å². The molecular formula is C4H11NO3. The maximum atomic E-state index is 8.36. The van der Waals surface area contributed by atoms with Crippen LogP contribution >= 0.6 is 0 Å². The smallest absolute Gasteiger partial charge is 0.244 e. The Morgan fingerprint density at radius 2 is 2.12 bits per heavy atom. The van der Waals surface area contributed by atoms with Gasteiger partial charge in [0.05, 0.1) is 0 Å². The topological polar surface area (TPSA) is 75.7 Å². The van der Waals surface area contributed by atoms with E-state index in [-0.39, 0.29) is 6.61 Å². The number of aliphatic hydroxyl groups is 2. The van der Waals surface area contributed by atoms with Gasteiger partial charge in [0.15, 0.2) is 0 Å². The molecule has 0 unspecified atom stereocenters. The molecule has 0 aliphatic rings. The van der Waals surface area contributed by atoms with Crippen molar-refractivity contribution in [3.05, 3.63) is 0 Å². The van der Waals surface area contributed by atoms with E-state index in [9.17, 15) is 0 Å². The number of nitrogens with two attached hydrogens (primary N) is 1. The quantitative estimate of drug-likeness (QED) is 0.402. The van der Waals surface area contributed by atoms with Crippen molar-refractivity contribution in [2.75, 3.05) is 13.2 Å². The van der Waals surface area contributed by atoms with Gasteiger partial charge in [0.2, 0.25) is 5.91 Å². The van der Waals surface area contributed by atoms with E-state index in [1.807, 2.05) is 0 Å². The molecule has 0 aliphatic carbocycles. The molecule has 0 fully saturated rings. The van der Waals surface area contributed by atoms with Crippen molar-refractivity contribution in [1.82, 2.24) is 0 Å². The molecule has 50 valence electrons. The highest BCUT2D eigenvalue weighted by Crippen LogP contribution is 1.86. The Labute approximate surface area is 47.9 Å². The van der Waals surface area contributed by atoms with Gasteiger partial charge in [-0.25, -0.2) is 0 Å². The van der Waals surface area contributed by atoms with Gasteiger partial charge in [-0.2, -0.15) is 0 Å².